The van der Waals surface area contributed by atoms with E-state index in [9.17, 15) is 24.6 Å². The van der Waals surface area contributed by atoms with Gasteiger partial charge in [0.05, 0.1) is 18.0 Å². The van der Waals surface area contributed by atoms with Gasteiger partial charge in [-0.15, -0.1) is 23.1 Å². The highest BCUT2D eigenvalue weighted by molar-refractivity contribution is 8.00. The third-order valence-electron chi connectivity index (χ3n) is 8.24. The van der Waals surface area contributed by atoms with Crippen molar-refractivity contribution in [2.45, 2.75) is 75.4 Å². The van der Waals surface area contributed by atoms with Crippen LogP contribution in [0, 0.1) is 6.92 Å². The number of aliphatic hydroxyl groups is 1. The molecule has 1 fully saturated rings. The number of nitrogens with zero attached hydrogens (tertiary/aromatic N) is 1. The average Bonchev–Trinajstić information content (AvgIpc) is 3.58. The predicted octanol–water partition coefficient (Wildman–Crippen LogP) is 4.34. The van der Waals surface area contributed by atoms with Gasteiger partial charge < -0.3 is 25.7 Å². The van der Waals surface area contributed by atoms with Gasteiger partial charge in [-0.25, -0.2) is 0 Å². The summed E-state index contributed by atoms with van der Waals surface area (Å²) in [5.41, 5.74) is 2.63. The van der Waals surface area contributed by atoms with Gasteiger partial charge in [-0.1, -0.05) is 36.4 Å². The number of phenols is 1. The lowest BCUT2D eigenvalue weighted by atomic mass is 9.92. The fourth-order valence-electron chi connectivity index (χ4n) is 5.87. The van der Waals surface area contributed by atoms with Crippen LogP contribution in [0.15, 0.2) is 60.0 Å². The molecule has 3 amide bonds. The Hall–Kier alpha value is -3.34. The summed E-state index contributed by atoms with van der Waals surface area (Å²) in [6, 6.07) is 14.1. The summed E-state index contributed by atoms with van der Waals surface area (Å²) in [6.07, 6.45) is 1.43. The van der Waals surface area contributed by atoms with E-state index in [1.807, 2.05) is 44.2 Å². The molecule has 4 N–H and O–H groups in total. The number of aliphatic hydroxyl groups excluding tert-OH is 1. The lowest BCUT2D eigenvalue weighted by Crippen LogP contribution is -2.59. The van der Waals surface area contributed by atoms with E-state index in [2.05, 4.69) is 22.1 Å². The van der Waals surface area contributed by atoms with Crippen molar-refractivity contribution in [2.75, 3.05) is 5.88 Å². The second kappa shape index (κ2) is 12.5. The number of phenolic OH excluding ortho intramolecular Hbond substituents is 1. The molecule has 2 aliphatic rings. The third-order valence-corrected chi connectivity index (χ3v) is 10.6. The van der Waals surface area contributed by atoms with Crippen LogP contribution in [-0.4, -0.2) is 61.6 Å². The fraction of sp³-hybridized carbons (Fsp3) is 0.406. The summed E-state index contributed by atoms with van der Waals surface area (Å²) in [7, 11) is 0. The summed E-state index contributed by atoms with van der Waals surface area (Å²) >= 11 is 3.19. The number of carbonyl (C=O) groups is 3. The molecule has 2 aromatic carbocycles. The fourth-order valence-corrected chi connectivity index (χ4v) is 7.99. The van der Waals surface area contributed by atoms with Crippen molar-refractivity contribution in [3.63, 3.8) is 0 Å². The highest BCUT2D eigenvalue weighted by Crippen LogP contribution is 2.41. The van der Waals surface area contributed by atoms with Gasteiger partial charge in [-0.2, -0.15) is 0 Å². The number of aromatic hydroxyl groups is 1. The number of rotatable bonds is 8. The zero-order valence-electron chi connectivity index (χ0n) is 24.0. The molecule has 0 saturated carbocycles. The van der Waals surface area contributed by atoms with Crippen LogP contribution in [0.25, 0.3) is 0 Å². The van der Waals surface area contributed by atoms with Crippen LogP contribution in [-0.2, 0) is 22.4 Å². The second-order valence-electron chi connectivity index (χ2n) is 11.5. The van der Waals surface area contributed by atoms with E-state index in [0.29, 0.717) is 5.56 Å². The number of thiophene rings is 1. The van der Waals surface area contributed by atoms with Gasteiger partial charge in [-0.05, 0) is 81.2 Å². The lowest BCUT2D eigenvalue weighted by molar-refractivity contribution is -0.147. The van der Waals surface area contributed by atoms with E-state index in [4.69, 9.17) is 0 Å². The van der Waals surface area contributed by atoms with E-state index in [-0.39, 0.29) is 35.6 Å². The number of fused-ring (bicyclic) bond motifs is 1. The van der Waals surface area contributed by atoms with E-state index in [1.165, 1.54) is 27.6 Å². The van der Waals surface area contributed by atoms with E-state index < -0.39 is 34.7 Å². The molecular weight excluding hydrogens is 571 g/mol. The van der Waals surface area contributed by atoms with Crippen molar-refractivity contribution >= 4 is 40.8 Å². The average molecular weight is 608 g/mol. The number of hydrogen-bond donors (Lipinski definition) is 4. The zero-order chi connectivity index (χ0) is 30.0. The lowest BCUT2D eigenvalue weighted by Gasteiger charge is -2.35. The number of nitrogens with one attached hydrogen (secondary N) is 2. The normalized spacial score (nSPS) is 20.8. The minimum atomic E-state index is -1.60. The maximum Gasteiger partial charge on any atom is 0.254 e. The largest absolute Gasteiger partial charge is 0.508 e. The Labute approximate surface area is 254 Å². The van der Waals surface area contributed by atoms with Gasteiger partial charge in [0.15, 0.2) is 6.10 Å². The molecule has 1 saturated heterocycles. The van der Waals surface area contributed by atoms with Crippen LogP contribution >= 0.6 is 23.1 Å². The Morgan fingerprint density at radius 3 is 2.62 bits per heavy atom. The Morgan fingerprint density at radius 2 is 1.86 bits per heavy atom. The molecule has 1 aliphatic heterocycles. The zero-order valence-corrected chi connectivity index (χ0v) is 25.6. The number of hydrogen-bond acceptors (Lipinski definition) is 7. The van der Waals surface area contributed by atoms with Gasteiger partial charge >= 0.3 is 0 Å². The van der Waals surface area contributed by atoms with Crippen molar-refractivity contribution in [3.05, 3.63) is 87.1 Å². The number of aryl methyl sites for hydroxylation is 1. The Kier molecular flexibility index (Phi) is 8.96. The molecule has 10 heteroatoms. The number of benzene rings is 2. The Balaban J connectivity index is 1.38. The van der Waals surface area contributed by atoms with E-state index in [0.717, 1.165) is 30.4 Å². The molecule has 2 heterocycles. The monoisotopic (exact) mass is 607 g/mol. The molecule has 1 aromatic heterocycles. The molecule has 8 nitrogen and oxygen atoms in total. The van der Waals surface area contributed by atoms with E-state index in [1.54, 1.807) is 30.4 Å². The maximum atomic E-state index is 14.0. The molecule has 0 spiro atoms. The summed E-state index contributed by atoms with van der Waals surface area (Å²) in [5, 5.41) is 29.7. The quantitative estimate of drug-likeness (QED) is 0.303. The smallest absolute Gasteiger partial charge is 0.254 e. The molecule has 0 radical (unpaired) electrons. The van der Waals surface area contributed by atoms with Gasteiger partial charge in [0.25, 0.3) is 11.8 Å². The number of thioether (sulfide) groups is 1. The molecule has 4 atom stereocenters. The second-order valence-corrected chi connectivity index (χ2v) is 14.1. The van der Waals surface area contributed by atoms with Crippen LogP contribution in [0.1, 0.15) is 64.7 Å². The number of amides is 3. The van der Waals surface area contributed by atoms with Crippen molar-refractivity contribution in [1.29, 1.82) is 0 Å². The minimum Gasteiger partial charge on any atom is -0.508 e. The maximum absolute atomic E-state index is 14.0. The summed E-state index contributed by atoms with van der Waals surface area (Å²) in [6.45, 7) is 5.51. The molecule has 3 aromatic rings. The van der Waals surface area contributed by atoms with Crippen molar-refractivity contribution in [1.82, 2.24) is 15.5 Å². The third kappa shape index (κ3) is 6.21. The Bertz CT molecular complexity index is 1460. The van der Waals surface area contributed by atoms with Crippen molar-refractivity contribution < 1.29 is 24.6 Å². The number of carbonyl (C=O) groups excluding carboxylic acids is 3. The summed E-state index contributed by atoms with van der Waals surface area (Å²) in [4.78, 5) is 43.8. The van der Waals surface area contributed by atoms with Crippen molar-refractivity contribution in [2.24, 2.45) is 0 Å². The van der Waals surface area contributed by atoms with Crippen LogP contribution < -0.4 is 10.6 Å². The van der Waals surface area contributed by atoms with Crippen LogP contribution in [0.3, 0.4) is 0 Å². The first kappa shape index (κ1) is 30.1. The predicted molar refractivity (Wildman–Crippen MR) is 166 cm³/mol. The first-order valence-electron chi connectivity index (χ1n) is 14.2. The first-order chi connectivity index (χ1) is 20.1. The highest BCUT2D eigenvalue weighted by atomic mass is 32.2. The first-order valence-corrected chi connectivity index (χ1v) is 16.1. The molecular formula is C32H37N3O5S2. The van der Waals surface area contributed by atoms with Gasteiger partial charge in [0, 0.05) is 20.8 Å². The standard InChI is InChI=1S/C32H37N3O5S2/c1-19-21(11-7-13-25(19)36)29(38)34-24(17-20-9-5-4-6-10-20)27(37)31(40)35-18-42-32(2,3)28(35)30(39)33-23-12-8-14-26-22(23)15-16-41-26/h4-7,9-11,13,15-16,23-24,27-28,36-37H,8,12,14,17-18H2,1-3H3,(H,33,39)(H,34,38)/t23-,24-,27-,28-/m0/s1. The molecule has 5 rings (SSSR count). The molecule has 1 aliphatic carbocycles. The topological polar surface area (TPSA) is 119 Å². The van der Waals surface area contributed by atoms with E-state index >= 15 is 0 Å². The van der Waals surface area contributed by atoms with Gasteiger partial charge in [0.1, 0.15) is 11.8 Å². The van der Waals surface area contributed by atoms with Crippen molar-refractivity contribution in [3.8, 4) is 5.75 Å². The summed E-state index contributed by atoms with van der Waals surface area (Å²) < 4.78 is -0.581. The van der Waals surface area contributed by atoms with Gasteiger partial charge in [0.2, 0.25) is 5.91 Å². The SMILES string of the molecule is Cc1c(O)cccc1C(=O)N[C@@H](Cc1ccccc1)[C@H](O)C(=O)N1CSC(C)(C)[C@@H]1C(=O)N[C@H]1CCCc2sccc21. The van der Waals surface area contributed by atoms with Crippen LogP contribution in [0.5, 0.6) is 5.75 Å². The Morgan fingerprint density at radius 1 is 1.10 bits per heavy atom. The summed E-state index contributed by atoms with van der Waals surface area (Å²) in [5.74, 6) is -1.13. The minimum absolute atomic E-state index is 0.0170. The molecule has 42 heavy (non-hydrogen) atoms. The molecule has 0 unspecified atom stereocenters. The highest BCUT2D eigenvalue weighted by Gasteiger charge is 2.50. The van der Waals surface area contributed by atoms with Crippen LogP contribution in [0.2, 0.25) is 0 Å². The molecule has 0 bridgehead atoms. The molecule has 222 valence electrons. The van der Waals surface area contributed by atoms with Gasteiger partial charge in [-0.3, -0.25) is 14.4 Å². The van der Waals surface area contributed by atoms with Crippen LogP contribution in [0.4, 0.5) is 0 Å².